The number of nitrogens with zero attached hydrogens (tertiary/aromatic N) is 4. The van der Waals surface area contributed by atoms with Crippen molar-refractivity contribution in [2.24, 2.45) is 7.05 Å². The molecule has 3 rings (SSSR count). The van der Waals surface area contributed by atoms with Gasteiger partial charge in [-0.2, -0.15) is 5.10 Å². The van der Waals surface area contributed by atoms with Gasteiger partial charge in [0.25, 0.3) is 0 Å². The molecule has 0 atom stereocenters. The molecule has 1 aromatic rings. The minimum absolute atomic E-state index is 0.00602. The Kier molecular flexibility index (Phi) is 2.95. The molecule has 2 heterocycles. The van der Waals surface area contributed by atoms with Crippen molar-refractivity contribution in [3.63, 3.8) is 0 Å². The molecule has 1 aliphatic carbocycles. The summed E-state index contributed by atoms with van der Waals surface area (Å²) in [7, 11) is 1.72. The molecular formula is C13H20N4O2. The molecule has 0 unspecified atom stereocenters. The van der Waals surface area contributed by atoms with Gasteiger partial charge in [-0.25, -0.2) is 9.48 Å². The van der Waals surface area contributed by atoms with Crippen LogP contribution in [-0.2, 0) is 11.8 Å². The molecule has 0 N–H and O–H groups in total. The molecule has 6 nitrogen and oxygen atoms in total. The van der Waals surface area contributed by atoms with Crippen molar-refractivity contribution in [1.82, 2.24) is 19.2 Å². The summed E-state index contributed by atoms with van der Waals surface area (Å²) in [6, 6.07) is 0.363. The Bertz CT molecular complexity index is 547. The van der Waals surface area contributed by atoms with Gasteiger partial charge in [0.2, 0.25) is 5.91 Å². The van der Waals surface area contributed by atoms with Crippen molar-refractivity contribution in [2.45, 2.75) is 44.6 Å². The number of hydrogen-bond acceptors (Lipinski definition) is 3. The quantitative estimate of drug-likeness (QED) is 0.787. The number of hydrogen-bond donors (Lipinski definition) is 0. The number of rotatable bonds is 2. The predicted molar refractivity (Wildman–Crippen MR) is 70.0 cm³/mol. The summed E-state index contributed by atoms with van der Waals surface area (Å²) in [6.45, 7) is 3.16. The monoisotopic (exact) mass is 264 g/mol. The molecule has 0 spiro atoms. The molecule has 1 saturated heterocycles. The lowest BCUT2D eigenvalue weighted by Crippen LogP contribution is -2.37. The number of carbonyl (C=O) groups is 1. The van der Waals surface area contributed by atoms with Gasteiger partial charge >= 0.3 is 5.69 Å². The van der Waals surface area contributed by atoms with E-state index in [-0.39, 0.29) is 11.6 Å². The van der Waals surface area contributed by atoms with Gasteiger partial charge in [-0.1, -0.05) is 0 Å². The van der Waals surface area contributed by atoms with E-state index in [1.165, 1.54) is 4.68 Å². The van der Waals surface area contributed by atoms with Crippen LogP contribution in [-0.4, -0.2) is 38.2 Å². The third-order valence-electron chi connectivity index (χ3n) is 4.20. The highest BCUT2D eigenvalue weighted by molar-refractivity contribution is 5.73. The van der Waals surface area contributed by atoms with E-state index in [2.05, 4.69) is 5.10 Å². The molecule has 6 heteroatoms. The molecule has 1 saturated carbocycles. The second-order valence-electron chi connectivity index (χ2n) is 5.65. The van der Waals surface area contributed by atoms with Gasteiger partial charge in [-0.3, -0.25) is 9.36 Å². The molecule has 19 heavy (non-hydrogen) atoms. The van der Waals surface area contributed by atoms with Gasteiger partial charge < -0.3 is 4.90 Å². The van der Waals surface area contributed by atoms with Crippen LogP contribution in [0.4, 0.5) is 0 Å². The van der Waals surface area contributed by atoms with Gasteiger partial charge in [0.05, 0.1) is 0 Å². The predicted octanol–water partition coefficient (Wildman–Crippen LogP) is 0.643. The third-order valence-corrected chi connectivity index (χ3v) is 4.20. The van der Waals surface area contributed by atoms with Crippen molar-refractivity contribution in [3.8, 4) is 0 Å². The number of carbonyl (C=O) groups excluding carboxylic acids is 1. The molecule has 1 aromatic heterocycles. The van der Waals surface area contributed by atoms with Crippen LogP contribution in [0.1, 0.15) is 50.4 Å². The topological polar surface area (TPSA) is 60.1 Å². The summed E-state index contributed by atoms with van der Waals surface area (Å²) in [6.07, 6.45) is 3.99. The Balaban J connectivity index is 1.82. The van der Waals surface area contributed by atoms with Crippen LogP contribution < -0.4 is 5.69 Å². The maximum atomic E-state index is 12.1. The zero-order chi connectivity index (χ0) is 13.6. The van der Waals surface area contributed by atoms with E-state index in [9.17, 15) is 9.59 Å². The Labute approximate surface area is 112 Å². The average Bonchev–Trinajstić information content (AvgIpc) is 3.18. The van der Waals surface area contributed by atoms with Crippen LogP contribution in [0, 0.1) is 0 Å². The molecule has 0 aromatic carbocycles. The van der Waals surface area contributed by atoms with Gasteiger partial charge in [0.15, 0.2) is 0 Å². The lowest BCUT2D eigenvalue weighted by Gasteiger charge is -2.30. The normalized spacial score (nSPS) is 20.8. The molecule has 104 valence electrons. The minimum atomic E-state index is 0.00602. The van der Waals surface area contributed by atoms with Crippen molar-refractivity contribution >= 4 is 5.91 Å². The SMILES string of the molecule is CC(=O)N1CCC(c2nn(C)c(=O)n2C2CC2)CC1. The summed E-state index contributed by atoms with van der Waals surface area (Å²) >= 11 is 0. The summed E-state index contributed by atoms with van der Waals surface area (Å²) in [4.78, 5) is 25.3. The first-order valence-corrected chi connectivity index (χ1v) is 6.99. The Morgan fingerprint density at radius 2 is 1.84 bits per heavy atom. The number of piperidine rings is 1. The van der Waals surface area contributed by atoms with Crippen molar-refractivity contribution in [1.29, 1.82) is 0 Å². The molecule has 0 radical (unpaired) electrons. The van der Waals surface area contributed by atoms with Gasteiger partial charge in [-0.15, -0.1) is 0 Å². The molecule has 2 aliphatic rings. The summed E-state index contributed by atoms with van der Waals surface area (Å²) in [5.41, 5.74) is 0.00602. The summed E-state index contributed by atoms with van der Waals surface area (Å²) in [5, 5.41) is 4.43. The van der Waals surface area contributed by atoms with E-state index in [0.29, 0.717) is 12.0 Å². The third kappa shape index (κ3) is 2.19. The second kappa shape index (κ2) is 4.51. The van der Waals surface area contributed by atoms with E-state index in [1.807, 2.05) is 9.47 Å². The Morgan fingerprint density at radius 1 is 1.21 bits per heavy atom. The molecule has 1 aliphatic heterocycles. The Morgan fingerprint density at radius 3 is 2.37 bits per heavy atom. The highest BCUT2D eigenvalue weighted by Gasteiger charge is 2.33. The minimum Gasteiger partial charge on any atom is -0.343 e. The number of likely N-dealkylation sites (tertiary alicyclic amines) is 1. The van der Waals surface area contributed by atoms with Crippen LogP contribution in [0.15, 0.2) is 4.79 Å². The van der Waals surface area contributed by atoms with E-state index < -0.39 is 0 Å². The average molecular weight is 264 g/mol. The molecular weight excluding hydrogens is 244 g/mol. The lowest BCUT2D eigenvalue weighted by atomic mass is 9.96. The number of amides is 1. The van der Waals surface area contributed by atoms with Crippen molar-refractivity contribution < 1.29 is 4.79 Å². The van der Waals surface area contributed by atoms with E-state index in [4.69, 9.17) is 0 Å². The first kappa shape index (κ1) is 12.4. The fourth-order valence-electron chi connectivity index (χ4n) is 2.91. The molecule has 2 fully saturated rings. The van der Waals surface area contributed by atoms with Gasteiger partial charge in [-0.05, 0) is 25.7 Å². The maximum Gasteiger partial charge on any atom is 0.345 e. The fourth-order valence-corrected chi connectivity index (χ4v) is 2.91. The van der Waals surface area contributed by atoms with E-state index in [0.717, 1.165) is 44.6 Å². The first-order chi connectivity index (χ1) is 9.08. The Hall–Kier alpha value is -1.59. The molecule has 0 bridgehead atoms. The second-order valence-corrected chi connectivity index (χ2v) is 5.65. The highest BCUT2D eigenvalue weighted by atomic mass is 16.2. The van der Waals surface area contributed by atoms with Crippen LogP contribution in [0.5, 0.6) is 0 Å². The van der Waals surface area contributed by atoms with Crippen LogP contribution >= 0.6 is 0 Å². The number of aryl methyl sites for hydroxylation is 1. The van der Waals surface area contributed by atoms with Crippen LogP contribution in [0.3, 0.4) is 0 Å². The van der Waals surface area contributed by atoms with E-state index in [1.54, 1.807) is 14.0 Å². The fraction of sp³-hybridized carbons (Fsp3) is 0.769. The summed E-state index contributed by atoms with van der Waals surface area (Å²) < 4.78 is 3.33. The van der Waals surface area contributed by atoms with Crippen LogP contribution in [0.2, 0.25) is 0 Å². The smallest absolute Gasteiger partial charge is 0.343 e. The van der Waals surface area contributed by atoms with Gasteiger partial charge in [0.1, 0.15) is 5.82 Å². The molecule has 1 amide bonds. The standard InChI is InChI=1S/C13H20N4O2/c1-9(18)16-7-5-10(6-8-16)12-14-15(2)13(19)17(12)11-3-4-11/h10-11H,3-8H2,1-2H3. The maximum absolute atomic E-state index is 12.1. The summed E-state index contributed by atoms with van der Waals surface area (Å²) in [5.74, 6) is 1.38. The zero-order valence-corrected chi connectivity index (χ0v) is 11.5. The van der Waals surface area contributed by atoms with E-state index >= 15 is 0 Å². The highest BCUT2D eigenvalue weighted by Crippen LogP contribution is 2.37. The largest absolute Gasteiger partial charge is 0.345 e. The van der Waals surface area contributed by atoms with Crippen LogP contribution in [0.25, 0.3) is 0 Å². The zero-order valence-electron chi connectivity index (χ0n) is 11.5. The van der Waals surface area contributed by atoms with Crippen molar-refractivity contribution in [2.75, 3.05) is 13.1 Å². The van der Waals surface area contributed by atoms with Gasteiger partial charge in [0, 0.05) is 39.0 Å². The number of aromatic nitrogens is 3. The first-order valence-electron chi connectivity index (χ1n) is 6.99. The van der Waals surface area contributed by atoms with Crippen molar-refractivity contribution in [3.05, 3.63) is 16.3 Å². The lowest BCUT2D eigenvalue weighted by molar-refractivity contribution is -0.129.